The van der Waals surface area contributed by atoms with E-state index >= 15 is 0 Å². The maximum Gasteiger partial charge on any atom is 0.272 e. The van der Waals surface area contributed by atoms with Crippen molar-refractivity contribution in [1.82, 2.24) is 14.9 Å². The van der Waals surface area contributed by atoms with Gasteiger partial charge in [-0.25, -0.2) is 9.97 Å². The predicted octanol–water partition coefficient (Wildman–Crippen LogP) is 2.05. The van der Waals surface area contributed by atoms with E-state index in [0.29, 0.717) is 18.8 Å². The third-order valence-corrected chi connectivity index (χ3v) is 5.29. The lowest BCUT2D eigenvalue weighted by atomic mass is 10.2. The van der Waals surface area contributed by atoms with Crippen molar-refractivity contribution in [3.05, 3.63) is 42.4 Å². The number of carbonyl (C=O) groups excluding carboxylic acids is 1. The van der Waals surface area contributed by atoms with Crippen LogP contribution >= 0.6 is 0 Å². The monoisotopic (exact) mass is 367 g/mol. The van der Waals surface area contributed by atoms with Gasteiger partial charge in [-0.2, -0.15) is 0 Å². The second-order valence-electron chi connectivity index (χ2n) is 6.94. The largest absolute Gasteiger partial charge is 0.497 e. The maximum absolute atomic E-state index is 12.9. The summed E-state index contributed by atoms with van der Waals surface area (Å²) >= 11 is 0. The molecule has 2 aromatic rings. The van der Waals surface area contributed by atoms with Crippen LogP contribution in [0.4, 0.5) is 11.5 Å². The average Bonchev–Trinajstić information content (AvgIpc) is 3.28. The quantitative estimate of drug-likeness (QED) is 0.824. The first-order valence-corrected chi connectivity index (χ1v) is 9.50. The third kappa shape index (κ3) is 3.82. The van der Waals surface area contributed by atoms with Gasteiger partial charge in [0.1, 0.15) is 23.6 Å². The van der Waals surface area contributed by atoms with Crippen molar-refractivity contribution in [2.75, 3.05) is 56.2 Å². The lowest BCUT2D eigenvalue weighted by Crippen LogP contribution is -2.49. The van der Waals surface area contributed by atoms with Crippen molar-refractivity contribution in [1.29, 1.82) is 0 Å². The first-order valence-electron chi connectivity index (χ1n) is 9.50. The summed E-state index contributed by atoms with van der Waals surface area (Å²) in [4.78, 5) is 27.8. The van der Waals surface area contributed by atoms with Gasteiger partial charge < -0.3 is 19.4 Å². The van der Waals surface area contributed by atoms with E-state index in [1.54, 1.807) is 7.11 Å². The Morgan fingerprint density at radius 1 is 0.963 bits per heavy atom. The highest BCUT2D eigenvalue weighted by Crippen LogP contribution is 2.23. The van der Waals surface area contributed by atoms with Gasteiger partial charge in [-0.1, -0.05) is 6.07 Å². The summed E-state index contributed by atoms with van der Waals surface area (Å²) in [6.45, 7) is 4.96. The molecule has 2 aliphatic heterocycles. The van der Waals surface area contributed by atoms with Crippen LogP contribution in [-0.2, 0) is 0 Å². The topological polar surface area (TPSA) is 61.8 Å². The summed E-state index contributed by atoms with van der Waals surface area (Å²) in [5.74, 6) is 1.70. The van der Waals surface area contributed by atoms with Crippen LogP contribution in [0, 0.1) is 0 Å². The molecule has 1 aromatic heterocycles. The smallest absolute Gasteiger partial charge is 0.272 e. The van der Waals surface area contributed by atoms with Crippen molar-refractivity contribution in [2.24, 2.45) is 0 Å². The Morgan fingerprint density at radius 3 is 2.48 bits per heavy atom. The van der Waals surface area contributed by atoms with Crippen molar-refractivity contribution in [2.45, 2.75) is 12.8 Å². The second-order valence-corrected chi connectivity index (χ2v) is 6.94. The highest BCUT2D eigenvalue weighted by atomic mass is 16.5. The van der Waals surface area contributed by atoms with Crippen molar-refractivity contribution >= 4 is 17.4 Å². The molecule has 0 atom stereocenters. The molecular weight excluding hydrogens is 342 g/mol. The van der Waals surface area contributed by atoms with Crippen LogP contribution < -0.4 is 14.5 Å². The Balaban J connectivity index is 1.40. The lowest BCUT2D eigenvalue weighted by molar-refractivity contribution is 0.0740. The van der Waals surface area contributed by atoms with Crippen LogP contribution in [0.1, 0.15) is 23.3 Å². The molecule has 0 N–H and O–H groups in total. The van der Waals surface area contributed by atoms with Crippen LogP contribution in [0.15, 0.2) is 36.7 Å². The molecule has 7 heteroatoms. The molecule has 3 heterocycles. The zero-order valence-corrected chi connectivity index (χ0v) is 15.7. The number of carbonyl (C=O) groups is 1. The van der Waals surface area contributed by atoms with E-state index in [1.807, 2.05) is 29.2 Å². The van der Waals surface area contributed by atoms with E-state index in [0.717, 1.165) is 43.4 Å². The highest BCUT2D eigenvalue weighted by molar-refractivity contribution is 5.93. The summed E-state index contributed by atoms with van der Waals surface area (Å²) in [6.07, 6.45) is 3.87. The third-order valence-electron chi connectivity index (χ3n) is 5.29. The molecule has 0 aliphatic carbocycles. The van der Waals surface area contributed by atoms with E-state index < -0.39 is 0 Å². The first-order chi connectivity index (χ1) is 13.2. The number of benzene rings is 1. The molecular formula is C20H25N5O2. The number of methoxy groups -OCH3 is 1. The van der Waals surface area contributed by atoms with Crippen LogP contribution in [0.25, 0.3) is 0 Å². The minimum absolute atomic E-state index is 0.0110. The average molecular weight is 367 g/mol. The minimum Gasteiger partial charge on any atom is -0.497 e. The van der Waals surface area contributed by atoms with Crippen molar-refractivity contribution < 1.29 is 9.53 Å². The molecule has 1 aromatic carbocycles. The van der Waals surface area contributed by atoms with Crippen molar-refractivity contribution in [3.63, 3.8) is 0 Å². The van der Waals surface area contributed by atoms with Crippen molar-refractivity contribution in [3.8, 4) is 5.75 Å². The number of amides is 1. The summed E-state index contributed by atoms with van der Waals surface area (Å²) < 4.78 is 5.31. The fraction of sp³-hybridized carbons (Fsp3) is 0.450. The molecule has 0 saturated carbocycles. The Hall–Kier alpha value is -2.83. The molecule has 1 amide bonds. The molecule has 142 valence electrons. The van der Waals surface area contributed by atoms with E-state index in [1.165, 1.54) is 19.2 Å². The molecule has 4 rings (SSSR count). The number of rotatable bonds is 4. The number of piperazine rings is 1. The molecule has 0 radical (unpaired) electrons. The van der Waals surface area contributed by atoms with E-state index in [9.17, 15) is 4.79 Å². The van der Waals surface area contributed by atoms with Gasteiger partial charge in [0.05, 0.1) is 7.11 Å². The standard InChI is InChI=1S/C20H25N5O2/c1-27-17-6-4-5-16(13-17)23-9-11-25(12-10-23)20(26)18-14-19(22-15-21-18)24-7-2-3-8-24/h4-6,13-15H,2-3,7-12H2,1H3. The van der Waals surface area contributed by atoms with E-state index in [-0.39, 0.29) is 5.91 Å². The number of hydrogen-bond acceptors (Lipinski definition) is 6. The van der Waals surface area contributed by atoms with Gasteiger partial charge in [0.25, 0.3) is 5.91 Å². The molecule has 7 nitrogen and oxygen atoms in total. The molecule has 0 spiro atoms. The Labute approximate surface area is 159 Å². The molecule has 2 saturated heterocycles. The number of nitrogens with zero attached hydrogens (tertiary/aromatic N) is 5. The Kier molecular flexibility index (Phi) is 5.09. The fourth-order valence-corrected chi connectivity index (χ4v) is 3.72. The van der Waals surface area contributed by atoms with Crippen LogP contribution in [0.5, 0.6) is 5.75 Å². The van der Waals surface area contributed by atoms with Gasteiger partial charge in [0, 0.05) is 57.1 Å². The maximum atomic E-state index is 12.9. The molecule has 0 bridgehead atoms. The first kappa shape index (κ1) is 17.6. The summed E-state index contributed by atoms with van der Waals surface area (Å²) in [5.41, 5.74) is 1.61. The van der Waals surface area contributed by atoms with Crippen LogP contribution in [-0.4, -0.2) is 67.2 Å². The van der Waals surface area contributed by atoms with Gasteiger partial charge in [-0.15, -0.1) is 0 Å². The summed E-state index contributed by atoms with van der Waals surface area (Å²) in [6, 6.07) is 9.88. The van der Waals surface area contributed by atoms with Gasteiger partial charge in [-0.3, -0.25) is 4.79 Å². The van der Waals surface area contributed by atoms with Crippen LogP contribution in [0.2, 0.25) is 0 Å². The summed E-state index contributed by atoms with van der Waals surface area (Å²) in [5, 5.41) is 0. The SMILES string of the molecule is COc1cccc(N2CCN(C(=O)c3cc(N4CCCC4)ncn3)CC2)c1. The predicted molar refractivity (Wildman–Crippen MR) is 105 cm³/mol. The minimum atomic E-state index is -0.0110. The van der Waals surface area contributed by atoms with Gasteiger partial charge >= 0.3 is 0 Å². The van der Waals surface area contributed by atoms with Gasteiger partial charge in [0.2, 0.25) is 0 Å². The van der Waals surface area contributed by atoms with Gasteiger partial charge in [0.15, 0.2) is 0 Å². The van der Waals surface area contributed by atoms with E-state index in [2.05, 4.69) is 25.8 Å². The molecule has 27 heavy (non-hydrogen) atoms. The van der Waals surface area contributed by atoms with E-state index in [4.69, 9.17) is 4.74 Å². The molecule has 2 fully saturated rings. The molecule has 0 unspecified atom stereocenters. The molecule has 2 aliphatic rings. The fourth-order valence-electron chi connectivity index (χ4n) is 3.72. The normalized spacial score (nSPS) is 17.3. The number of hydrogen-bond donors (Lipinski definition) is 0. The Morgan fingerprint density at radius 2 is 1.74 bits per heavy atom. The second kappa shape index (κ2) is 7.82. The van der Waals surface area contributed by atoms with Gasteiger partial charge in [-0.05, 0) is 25.0 Å². The highest BCUT2D eigenvalue weighted by Gasteiger charge is 2.24. The zero-order valence-electron chi connectivity index (χ0n) is 15.7. The zero-order chi connectivity index (χ0) is 18.6. The number of aromatic nitrogens is 2. The lowest BCUT2D eigenvalue weighted by Gasteiger charge is -2.36. The number of ether oxygens (including phenoxy) is 1. The van der Waals surface area contributed by atoms with Crippen LogP contribution in [0.3, 0.4) is 0 Å². The summed E-state index contributed by atoms with van der Waals surface area (Å²) in [7, 11) is 1.67. The Bertz CT molecular complexity index is 798. The number of anilines is 2.